The summed E-state index contributed by atoms with van der Waals surface area (Å²) in [5.41, 5.74) is 13.9. The minimum atomic E-state index is 0.218. The molecule has 0 aliphatic carbocycles. The van der Waals surface area contributed by atoms with Gasteiger partial charge in [-0.05, 0) is 122 Å². The van der Waals surface area contributed by atoms with Gasteiger partial charge in [0.2, 0.25) is 0 Å². The van der Waals surface area contributed by atoms with Crippen molar-refractivity contribution in [3.05, 3.63) is 124 Å². The number of aromatic nitrogens is 4. The van der Waals surface area contributed by atoms with Crippen LogP contribution >= 0.6 is 0 Å². The lowest BCUT2D eigenvalue weighted by Crippen LogP contribution is -2.06. The molecule has 0 amide bonds. The standard InChI is InChI=1S/C44H46N4O2/c1-25(2)42-41(40-28(6)30(8)44(49-10)31(9)29(40)7)43(26(3)4)48(46-42)32-14-13-15-33(23-32)50-34-18-19-36-35-16-11-12-17-37(35)47(38(36)24-34)39-22-27(5)20-21-45-39/h11-26H,1-10H3. The average Bonchev–Trinajstić information content (AvgIpc) is 3.65. The van der Waals surface area contributed by atoms with Crippen LogP contribution in [0.2, 0.25) is 0 Å². The summed E-state index contributed by atoms with van der Waals surface area (Å²) in [4.78, 5) is 4.74. The van der Waals surface area contributed by atoms with Crippen LogP contribution in [-0.2, 0) is 0 Å². The van der Waals surface area contributed by atoms with Gasteiger partial charge in [0.1, 0.15) is 23.1 Å². The Labute approximate surface area is 295 Å². The van der Waals surface area contributed by atoms with Crippen LogP contribution < -0.4 is 9.47 Å². The Morgan fingerprint density at radius 3 is 2.02 bits per heavy atom. The van der Waals surface area contributed by atoms with Crippen LogP contribution in [-0.4, -0.2) is 26.4 Å². The molecule has 0 N–H and O–H groups in total. The molecule has 50 heavy (non-hydrogen) atoms. The second kappa shape index (κ2) is 12.8. The predicted molar refractivity (Wildman–Crippen MR) is 206 cm³/mol. The van der Waals surface area contributed by atoms with Crippen molar-refractivity contribution in [2.45, 2.75) is 74.1 Å². The van der Waals surface area contributed by atoms with Gasteiger partial charge in [0.15, 0.2) is 0 Å². The normalized spacial score (nSPS) is 11.8. The van der Waals surface area contributed by atoms with Gasteiger partial charge in [0.05, 0.1) is 35.2 Å². The molecule has 6 heteroatoms. The zero-order chi connectivity index (χ0) is 35.4. The van der Waals surface area contributed by atoms with Crippen molar-refractivity contribution in [2.24, 2.45) is 0 Å². The van der Waals surface area contributed by atoms with E-state index in [9.17, 15) is 0 Å². The molecule has 0 aliphatic rings. The fraction of sp³-hybridized carbons (Fsp3) is 0.273. The summed E-state index contributed by atoms with van der Waals surface area (Å²) in [5, 5.41) is 7.69. The molecule has 0 fully saturated rings. The first-order valence-electron chi connectivity index (χ1n) is 17.5. The van der Waals surface area contributed by atoms with Gasteiger partial charge in [-0.3, -0.25) is 4.57 Å². The third kappa shape index (κ3) is 5.43. The Kier molecular flexibility index (Phi) is 8.51. The maximum Gasteiger partial charge on any atom is 0.137 e. The van der Waals surface area contributed by atoms with Crippen LogP contribution in [0.5, 0.6) is 17.2 Å². The topological polar surface area (TPSA) is 54.1 Å². The number of pyridine rings is 1. The smallest absolute Gasteiger partial charge is 0.137 e. The number of hydrogen-bond acceptors (Lipinski definition) is 4. The van der Waals surface area contributed by atoms with Gasteiger partial charge in [-0.1, -0.05) is 52.0 Å². The maximum atomic E-state index is 6.64. The van der Waals surface area contributed by atoms with Crippen molar-refractivity contribution < 1.29 is 9.47 Å². The average molecular weight is 663 g/mol. The molecule has 0 unspecified atom stereocenters. The van der Waals surface area contributed by atoms with Gasteiger partial charge in [0, 0.05) is 34.7 Å². The number of aryl methyl sites for hydroxylation is 1. The molecule has 4 aromatic carbocycles. The van der Waals surface area contributed by atoms with E-state index >= 15 is 0 Å². The minimum Gasteiger partial charge on any atom is -0.496 e. The number of hydrogen-bond donors (Lipinski definition) is 0. The van der Waals surface area contributed by atoms with E-state index in [2.05, 4.69) is 138 Å². The largest absolute Gasteiger partial charge is 0.496 e. The van der Waals surface area contributed by atoms with Crippen molar-refractivity contribution in [1.29, 1.82) is 0 Å². The number of ether oxygens (including phenoxy) is 2. The monoisotopic (exact) mass is 662 g/mol. The van der Waals surface area contributed by atoms with Crippen LogP contribution in [0, 0.1) is 34.6 Å². The van der Waals surface area contributed by atoms with E-state index in [0.717, 1.165) is 56.4 Å². The lowest BCUT2D eigenvalue weighted by Gasteiger charge is -2.22. The summed E-state index contributed by atoms with van der Waals surface area (Å²) < 4.78 is 16.9. The van der Waals surface area contributed by atoms with E-state index in [1.807, 2.05) is 18.3 Å². The van der Waals surface area contributed by atoms with Crippen LogP contribution in [0.15, 0.2) is 85.1 Å². The fourth-order valence-corrected chi connectivity index (χ4v) is 7.52. The molecular weight excluding hydrogens is 617 g/mol. The maximum absolute atomic E-state index is 6.64. The SMILES string of the molecule is COc1c(C)c(C)c(-c2c(C(C)C)nn(-c3cccc(Oc4ccc5c6ccccc6n(-c6cc(C)ccn6)c5c4)c3)c2C(C)C)c(C)c1C. The van der Waals surface area contributed by atoms with Crippen molar-refractivity contribution in [3.8, 4) is 39.9 Å². The summed E-state index contributed by atoms with van der Waals surface area (Å²) in [6, 6.07) is 27.2. The highest BCUT2D eigenvalue weighted by atomic mass is 16.5. The molecular formula is C44H46N4O2. The summed E-state index contributed by atoms with van der Waals surface area (Å²) in [6.07, 6.45) is 1.87. The van der Waals surface area contributed by atoms with E-state index in [-0.39, 0.29) is 11.8 Å². The number of para-hydroxylation sites is 1. The van der Waals surface area contributed by atoms with E-state index in [1.54, 1.807) is 7.11 Å². The summed E-state index contributed by atoms with van der Waals surface area (Å²) in [6.45, 7) is 19.8. The van der Waals surface area contributed by atoms with E-state index < -0.39 is 0 Å². The van der Waals surface area contributed by atoms with Gasteiger partial charge in [-0.2, -0.15) is 5.10 Å². The first kappa shape index (κ1) is 33.2. The molecule has 254 valence electrons. The molecule has 0 bridgehead atoms. The molecule has 0 atom stereocenters. The Balaban J connectivity index is 1.35. The highest BCUT2D eigenvalue weighted by Crippen LogP contribution is 2.45. The molecule has 7 rings (SSSR count). The number of benzene rings is 4. The number of rotatable bonds is 8. The molecule has 3 heterocycles. The van der Waals surface area contributed by atoms with Crippen LogP contribution in [0.4, 0.5) is 0 Å². The van der Waals surface area contributed by atoms with Crippen LogP contribution in [0.1, 0.15) is 78.7 Å². The lowest BCUT2D eigenvalue weighted by molar-refractivity contribution is 0.408. The summed E-state index contributed by atoms with van der Waals surface area (Å²) >= 11 is 0. The quantitative estimate of drug-likeness (QED) is 0.162. The molecule has 0 saturated carbocycles. The zero-order valence-electron chi connectivity index (χ0n) is 30.8. The molecule has 0 radical (unpaired) electrons. The van der Waals surface area contributed by atoms with E-state index in [1.165, 1.54) is 44.5 Å². The Bertz CT molecular complexity index is 2380. The fourth-order valence-electron chi connectivity index (χ4n) is 7.52. The van der Waals surface area contributed by atoms with Crippen molar-refractivity contribution in [1.82, 2.24) is 19.3 Å². The first-order chi connectivity index (χ1) is 24.0. The molecule has 7 aromatic rings. The molecule has 3 aromatic heterocycles. The second-order valence-corrected chi connectivity index (χ2v) is 14.1. The molecule has 0 aliphatic heterocycles. The van der Waals surface area contributed by atoms with Gasteiger partial charge in [-0.25, -0.2) is 9.67 Å². The number of nitrogens with zero attached hydrogens (tertiary/aromatic N) is 4. The van der Waals surface area contributed by atoms with Crippen molar-refractivity contribution in [2.75, 3.05) is 7.11 Å². The molecule has 0 spiro atoms. The summed E-state index contributed by atoms with van der Waals surface area (Å²) in [5.74, 6) is 3.81. The first-order valence-corrected chi connectivity index (χ1v) is 17.5. The Morgan fingerprint density at radius 1 is 0.640 bits per heavy atom. The zero-order valence-corrected chi connectivity index (χ0v) is 30.8. The summed E-state index contributed by atoms with van der Waals surface area (Å²) in [7, 11) is 1.76. The van der Waals surface area contributed by atoms with Gasteiger partial charge < -0.3 is 9.47 Å². The molecule has 6 nitrogen and oxygen atoms in total. The van der Waals surface area contributed by atoms with Crippen molar-refractivity contribution in [3.63, 3.8) is 0 Å². The van der Waals surface area contributed by atoms with E-state index in [4.69, 9.17) is 19.6 Å². The minimum absolute atomic E-state index is 0.218. The Morgan fingerprint density at radius 2 is 1.34 bits per heavy atom. The molecule has 0 saturated heterocycles. The van der Waals surface area contributed by atoms with Crippen LogP contribution in [0.3, 0.4) is 0 Å². The third-order valence-corrected chi connectivity index (χ3v) is 10.1. The van der Waals surface area contributed by atoms with E-state index in [0.29, 0.717) is 0 Å². The predicted octanol–water partition coefficient (Wildman–Crippen LogP) is 11.6. The highest BCUT2D eigenvalue weighted by molar-refractivity contribution is 6.09. The number of methoxy groups -OCH3 is 1. The van der Waals surface area contributed by atoms with Gasteiger partial charge >= 0.3 is 0 Å². The Hall–Kier alpha value is -5.36. The van der Waals surface area contributed by atoms with Gasteiger partial charge in [-0.15, -0.1) is 0 Å². The highest BCUT2D eigenvalue weighted by Gasteiger charge is 2.28. The third-order valence-electron chi connectivity index (χ3n) is 10.1. The second-order valence-electron chi connectivity index (χ2n) is 14.1. The number of fused-ring (bicyclic) bond motifs is 3. The van der Waals surface area contributed by atoms with Crippen LogP contribution in [0.25, 0.3) is 44.4 Å². The van der Waals surface area contributed by atoms with Crippen molar-refractivity contribution >= 4 is 21.8 Å². The lowest BCUT2D eigenvalue weighted by atomic mass is 9.84. The van der Waals surface area contributed by atoms with Gasteiger partial charge in [0.25, 0.3) is 0 Å².